The summed E-state index contributed by atoms with van der Waals surface area (Å²) in [7, 11) is 3.12. The number of aryl methyl sites for hydroxylation is 2. The first-order valence-electron chi connectivity index (χ1n) is 8.56. The standard InChI is InChI=1S/C21H22N2O4/c1-13-7-5-6-8-16(13)21-23-17(14(2)27-21)12-20(24)22-15-9-10-18(25-3)19(11-15)26-4/h5-11H,12H2,1-4H3,(H,22,24). The van der Waals surface area contributed by atoms with Crippen LogP contribution in [0.25, 0.3) is 11.5 Å². The van der Waals surface area contributed by atoms with E-state index in [9.17, 15) is 4.79 Å². The molecule has 0 atom stereocenters. The van der Waals surface area contributed by atoms with Gasteiger partial charge in [0.05, 0.1) is 26.3 Å². The molecule has 0 radical (unpaired) electrons. The molecule has 1 N–H and O–H groups in total. The lowest BCUT2D eigenvalue weighted by molar-refractivity contribution is -0.115. The lowest BCUT2D eigenvalue weighted by Gasteiger charge is -2.10. The second kappa shape index (κ2) is 7.95. The number of methoxy groups -OCH3 is 2. The van der Waals surface area contributed by atoms with Gasteiger partial charge in [-0.15, -0.1) is 0 Å². The fraction of sp³-hybridized carbons (Fsp3) is 0.238. The molecule has 0 saturated heterocycles. The molecular formula is C21H22N2O4. The SMILES string of the molecule is COc1ccc(NC(=O)Cc2nc(-c3ccccc3C)oc2C)cc1OC. The highest BCUT2D eigenvalue weighted by atomic mass is 16.5. The number of ether oxygens (including phenoxy) is 2. The van der Waals surface area contributed by atoms with E-state index in [1.807, 2.05) is 38.1 Å². The number of anilines is 1. The molecule has 0 saturated carbocycles. The van der Waals surface area contributed by atoms with Crippen molar-refractivity contribution in [2.75, 3.05) is 19.5 Å². The summed E-state index contributed by atoms with van der Waals surface area (Å²) >= 11 is 0. The first kappa shape index (κ1) is 18.5. The van der Waals surface area contributed by atoms with Crippen molar-refractivity contribution in [1.82, 2.24) is 4.98 Å². The Morgan fingerprint density at radius 3 is 2.52 bits per heavy atom. The molecule has 2 aromatic carbocycles. The van der Waals surface area contributed by atoms with Gasteiger partial charge in [-0.25, -0.2) is 4.98 Å². The van der Waals surface area contributed by atoms with Crippen LogP contribution in [0.1, 0.15) is 17.0 Å². The van der Waals surface area contributed by atoms with Gasteiger partial charge in [0.15, 0.2) is 11.5 Å². The zero-order valence-electron chi connectivity index (χ0n) is 15.8. The van der Waals surface area contributed by atoms with Crippen molar-refractivity contribution < 1.29 is 18.7 Å². The van der Waals surface area contributed by atoms with Crippen LogP contribution in [0.5, 0.6) is 11.5 Å². The van der Waals surface area contributed by atoms with Crippen LogP contribution in [0.3, 0.4) is 0 Å². The lowest BCUT2D eigenvalue weighted by atomic mass is 10.1. The molecule has 0 unspecified atom stereocenters. The van der Waals surface area contributed by atoms with E-state index in [2.05, 4.69) is 10.3 Å². The van der Waals surface area contributed by atoms with Gasteiger partial charge in [0.2, 0.25) is 11.8 Å². The third-order valence-electron chi connectivity index (χ3n) is 4.26. The number of amides is 1. The molecule has 3 aromatic rings. The Kier molecular flexibility index (Phi) is 5.45. The van der Waals surface area contributed by atoms with Gasteiger partial charge in [0.25, 0.3) is 0 Å². The van der Waals surface area contributed by atoms with E-state index in [0.29, 0.717) is 34.5 Å². The third-order valence-corrected chi connectivity index (χ3v) is 4.26. The summed E-state index contributed by atoms with van der Waals surface area (Å²) in [5, 5.41) is 2.85. The van der Waals surface area contributed by atoms with E-state index in [0.717, 1.165) is 11.1 Å². The molecule has 3 rings (SSSR count). The van der Waals surface area contributed by atoms with Crippen molar-refractivity contribution in [3.05, 3.63) is 59.5 Å². The topological polar surface area (TPSA) is 73.6 Å². The van der Waals surface area contributed by atoms with E-state index < -0.39 is 0 Å². The predicted molar refractivity (Wildman–Crippen MR) is 103 cm³/mol. The largest absolute Gasteiger partial charge is 0.493 e. The summed E-state index contributed by atoms with van der Waals surface area (Å²) in [6.45, 7) is 3.81. The minimum atomic E-state index is -0.185. The average Bonchev–Trinajstić information content (AvgIpc) is 3.02. The Morgan fingerprint density at radius 2 is 1.81 bits per heavy atom. The molecule has 140 valence electrons. The number of aromatic nitrogens is 1. The lowest BCUT2D eigenvalue weighted by Crippen LogP contribution is -2.15. The summed E-state index contributed by atoms with van der Waals surface area (Å²) in [6, 6.07) is 13.1. The highest BCUT2D eigenvalue weighted by Gasteiger charge is 2.16. The minimum absolute atomic E-state index is 0.121. The molecule has 0 bridgehead atoms. The molecule has 27 heavy (non-hydrogen) atoms. The van der Waals surface area contributed by atoms with Gasteiger partial charge in [-0.1, -0.05) is 18.2 Å². The maximum absolute atomic E-state index is 12.4. The Labute approximate surface area is 158 Å². The Bertz CT molecular complexity index is 963. The summed E-state index contributed by atoms with van der Waals surface area (Å²) < 4.78 is 16.2. The van der Waals surface area contributed by atoms with Gasteiger partial charge < -0.3 is 19.2 Å². The van der Waals surface area contributed by atoms with Gasteiger partial charge in [-0.2, -0.15) is 0 Å². The molecule has 0 aliphatic rings. The van der Waals surface area contributed by atoms with E-state index >= 15 is 0 Å². The Morgan fingerprint density at radius 1 is 1.07 bits per heavy atom. The molecule has 0 aliphatic heterocycles. The van der Waals surface area contributed by atoms with Crippen LogP contribution >= 0.6 is 0 Å². The maximum Gasteiger partial charge on any atom is 0.230 e. The first-order valence-corrected chi connectivity index (χ1v) is 8.56. The number of carbonyl (C=O) groups is 1. The Hall–Kier alpha value is -3.28. The van der Waals surface area contributed by atoms with Gasteiger partial charge in [-0.05, 0) is 37.6 Å². The normalized spacial score (nSPS) is 10.5. The van der Waals surface area contributed by atoms with Gasteiger partial charge in [-0.3, -0.25) is 4.79 Å². The Balaban J connectivity index is 1.74. The zero-order valence-corrected chi connectivity index (χ0v) is 15.8. The second-order valence-electron chi connectivity index (χ2n) is 6.13. The molecule has 1 amide bonds. The third kappa shape index (κ3) is 4.11. The summed E-state index contributed by atoms with van der Waals surface area (Å²) in [5.41, 5.74) is 3.23. The number of nitrogens with one attached hydrogen (secondary N) is 1. The highest BCUT2D eigenvalue weighted by molar-refractivity contribution is 5.92. The summed E-state index contributed by atoms with van der Waals surface area (Å²) in [4.78, 5) is 16.9. The van der Waals surface area contributed by atoms with Crippen molar-refractivity contribution >= 4 is 11.6 Å². The fourth-order valence-corrected chi connectivity index (χ4v) is 2.79. The number of carbonyl (C=O) groups excluding carboxylic acids is 1. The summed E-state index contributed by atoms with van der Waals surface area (Å²) in [6.07, 6.45) is 0.121. The van der Waals surface area contributed by atoms with Crippen molar-refractivity contribution in [3.8, 4) is 23.0 Å². The van der Waals surface area contributed by atoms with Crippen LogP contribution in [0.4, 0.5) is 5.69 Å². The molecule has 1 aromatic heterocycles. The monoisotopic (exact) mass is 366 g/mol. The second-order valence-corrected chi connectivity index (χ2v) is 6.13. The van der Waals surface area contributed by atoms with Crippen molar-refractivity contribution in [2.24, 2.45) is 0 Å². The zero-order chi connectivity index (χ0) is 19.4. The highest BCUT2D eigenvalue weighted by Crippen LogP contribution is 2.30. The predicted octanol–water partition coefficient (Wildman–Crippen LogP) is 4.16. The summed E-state index contributed by atoms with van der Waals surface area (Å²) in [5.74, 6) is 2.13. The van der Waals surface area contributed by atoms with Crippen LogP contribution in [-0.2, 0) is 11.2 Å². The number of hydrogen-bond acceptors (Lipinski definition) is 5. The van der Waals surface area contributed by atoms with Crippen molar-refractivity contribution in [1.29, 1.82) is 0 Å². The van der Waals surface area contributed by atoms with Crippen molar-refractivity contribution in [2.45, 2.75) is 20.3 Å². The number of rotatable bonds is 6. The van der Waals surface area contributed by atoms with Crippen LogP contribution in [-0.4, -0.2) is 25.1 Å². The number of hydrogen-bond donors (Lipinski definition) is 1. The molecule has 6 heteroatoms. The average molecular weight is 366 g/mol. The smallest absolute Gasteiger partial charge is 0.230 e. The molecule has 1 heterocycles. The van der Waals surface area contributed by atoms with E-state index in [1.54, 1.807) is 32.4 Å². The molecular weight excluding hydrogens is 344 g/mol. The number of nitrogens with zero attached hydrogens (tertiary/aromatic N) is 1. The molecule has 0 aliphatic carbocycles. The van der Waals surface area contributed by atoms with Gasteiger partial charge >= 0.3 is 0 Å². The first-order chi connectivity index (χ1) is 13.0. The molecule has 0 spiro atoms. The number of benzene rings is 2. The van der Waals surface area contributed by atoms with Crippen LogP contribution in [0.15, 0.2) is 46.9 Å². The fourth-order valence-electron chi connectivity index (χ4n) is 2.79. The number of oxazole rings is 1. The molecule has 0 fully saturated rings. The van der Waals surface area contributed by atoms with Crippen LogP contribution in [0.2, 0.25) is 0 Å². The van der Waals surface area contributed by atoms with E-state index in [4.69, 9.17) is 13.9 Å². The van der Waals surface area contributed by atoms with Crippen LogP contribution < -0.4 is 14.8 Å². The van der Waals surface area contributed by atoms with Gasteiger partial charge in [0, 0.05) is 17.3 Å². The van der Waals surface area contributed by atoms with E-state index in [1.165, 1.54) is 0 Å². The minimum Gasteiger partial charge on any atom is -0.493 e. The molecule has 6 nitrogen and oxygen atoms in total. The van der Waals surface area contributed by atoms with Crippen molar-refractivity contribution in [3.63, 3.8) is 0 Å². The van der Waals surface area contributed by atoms with Crippen LogP contribution in [0, 0.1) is 13.8 Å². The van der Waals surface area contributed by atoms with Gasteiger partial charge in [0.1, 0.15) is 5.76 Å². The maximum atomic E-state index is 12.4. The van der Waals surface area contributed by atoms with E-state index in [-0.39, 0.29) is 12.3 Å². The quantitative estimate of drug-likeness (QED) is 0.709.